The number of anilines is 1. The number of para-hydroxylation sites is 1. The van der Waals surface area contributed by atoms with Crippen LogP contribution in [0.4, 0.5) is 14.5 Å². The van der Waals surface area contributed by atoms with E-state index in [0.29, 0.717) is 5.69 Å². The number of benzene rings is 1. The Labute approximate surface area is 97.7 Å². The summed E-state index contributed by atoms with van der Waals surface area (Å²) in [6, 6.07) is 6.50. The molecule has 2 rings (SSSR count). The molecule has 17 heavy (non-hydrogen) atoms. The van der Waals surface area contributed by atoms with Gasteiger partial charge in [0.25, 0.3) is 5.92 Å². The summed E-state index contributed by atoms with van der Waals surface area (Å²) >= 11 is 0. The summed E-state index contributed by atoms with van der Waals surface area (Å²) in [4.78, 5) is 12.7. The lowest BCUT2D eigenvalue weighted by Gasteiger charge is -2.34. The van der Waals surface area contributed by atoms with E-state index in [0.717, 1.165) is 0 Å². The first kappa shape index (κ1) is 11.8. The van der Waals surface area contributed by atoms with E-state index in [1.54, 1.807) is 23.1 Å². The van der Waals surface area contributed by atoms with Crippen LogP contribution in [0.3, 0.4) is 0 Å². The highest BCUT2D eigenvalue weighted by atomic mass is 19.3. The molecule has 0 amide bonds. The van der Waals surface area contributed by atoms with Gasteiger partial charge in [-0.25, -0.2) is 13.6 Å². The molecule has 1 heterocycles. The minimum absolute atomic E-state index is 0.165. The number of carboxylic acids is 1. The molecule has 3 nitrogen and oxygen atoms in total. The minimum atomic E-state index is -2.62. The summed E-state index contributed by atoms with van der Waals surface area (Å²) in [5.74, 6) is -3.65. The van der Waals surface area contributed by atoms with Crippen molar-refractivity contribution in [2.75, 3.05) is 18.0 Å². The van der Waals surface area contributed by atoms with Crippen molar-refractivity contribution in [3.8, 4) is 0 Å². The first-order valence-corrected chi connectivity index (χ1v) is 5.45. The fourth-order valence-electron chi connectivity index (χ4n) is 2.01. The molecule has 0 spiro atoms. The number of carboxylic acid groups (broad SMARTS) is 1. The van der Waals surface area contributed by atoms with E-state index in [-0.39, 0.29) is 31.5 Å². The summed E-state index contributed by atoms with van der Waals surface area (Å²) in [6.07, 6.45) is -0.443. The number of hydrogen-bond acceptors (Lipinski definition) is 2. The lowest BCUT2D eigenvalue weighted by atomic mass is 10.0. The largest absolute Gasteiger partial charge is 0.478 e. The average Bonchev–Trinajstić information content (AvgIpc) is 2.29. The van der Waals surface area contributed by atoms with Crippen LogP contribution in [0.5, 0.6) is 0 Å². The van der Waals surface area contributed by atoms with Gasteiger partial charge in [-0.2, -0.15) is 0 Å². The highest BCUT2D eigenvalue weighted by molar-refractivity contribution is 5.94. The third-order valence-corrected chi connectivity index (χ3v) is 2.97. The number of aromatic carboxylic acids is 1. The molecule has 0 saturated carbocycles. The fraction of sp³-hybridized carbons (Fsp3) is 0.417. The van der Waals surface area contributed by atoms with Gasteiger partial charge in [-0.05, 0) is 12.1 Å². The lowest BCUT2D eigenvalue weighted by molar-refractivity contribution is -0.0220. The molecular weight excluding hydrogens is 228 g/mol. The molecule has 1 fully saturated rings. The molecule has 1 aromatic rings. The number of alkyl halides is 2. The first-order chi connectivity index (χ1) is 7.99. The Bertz CT molecular complexity index is 424. The van der Waals surface area contributed by atoms with Crippen molar-refractivity contribution >= 4 is 11.7 Å². The second kappa shape index (κ2) is 4.31. The number of piperidine rings is 1. The quantitative estimate of drug-likeness (QED) is 0.865. The molecule has 0 radical (unpaired) electrons. The molecule has 1 aliphatic heterocycles. The molecule has 0 aromatic heterocycles. The van der Waals surface area contributed by atoms with E-state index in [9.17, 15) is 13.6 Å². The van der Waals surface area contributed by atoms with E-state index in [1.165, 1.54) is 6.07 Å². The van der Waals surface area contributed by atoms with Gasteiger partial charge in [0.1, 0.15) is 0 Å². The maximum Gasteiger partial charge on any atom is 0.337 e. The Morgan fingerprint density at radius 2 is 1.82 bits per heavy atom. The van der Waals surface area contributed by atoms with Crippen LogP contribution in [-0.2, 0) is 0 Å². The number of hydrogen-bond donors (Lipinski definition) is 1. The van der Waals surface area contributed by atoms with Crippen molar-refractivity contribution in [1.29, 1.82) is 0 Å². The second-order valence-corrected chi connectivity index (χ2v) is 4.17. The number of nitrogens with zero attached hydrogens (tertiary/aromatic N) is 1. The molecule has 0 unspecified atom stereocenters. The Kier molecular flexibility index (Phi) is 3.00. The van der Waals surface area contributed by atoms with Gasteiger partial charge in [0.05, 0.1) is 11.3 Å². The summed E-state index contributed by atoms with van der Waals surface area (Å²) in [5.41, 5.74) is 0.688. The smallest absolute Gasteiger partial charge is 0.337 e. The predicted octanol–water partition coefficient (Wildman–Crippen LogP) is 2.62. The van der Waals surface area contributed by atoms with Crippen molar-refractivity contribution in [2.45, 2.75) is 18.8 Å². The summed E-state index contributed by atoms with van der Waals surface area (Å²) in [6.45, 7) is 0.384. The van der Waals surface area contributed by atoms with E-state index < -0.39 is 11.9 Å². The zero-order chi connectivity index (χ0) is 12.5. The number of rotatable bonds is 2. The van der Waals surface area contributed by atoms with Crippen LogP contribution in [0.15, 0.2) is 24.3 Å². The number of halogens is 2. The van der Waals surface area contributed by atoms with Crippen molar-refractivity contribution in [1.82, 2.24) is 0 Å². The zero-order valence-electron chi connectivity index (χ0n) is 9.20. The highest BCUT2D eigenvalue weighted by Gasteiger charge is 2.34. The molecule has 0 atom stereocenters. The van der Waals surface area contributed by atoms with Crippen LogP contribution in [-0.4, -0.2) is 30.1 Å². The van der Waals surface area contributed by atoms with E-state index in [4.69, 9.17) is 5.11 Å². The van der Waals surface area contributed by atoms with Crippen molar-refractivity contribution in [3.05, 3.63) is 29.8 Å². The van der Waals surface area contributed by atoms with Gasteiger partial charge in [0.2, 0.25) is 0 Å². The first-order valence-electron chi connectivity index (χ1n) is 5.45. The van der Waals surface area contributed by atoms with E-state index in [2.05, 4.69) is 0 Å². The Hall–Kier alpha value is -1.65. The predicted molar refractivity (Wildman–Crippen MR) is 59.8 cm³/mol. The molecule has 0 aliphatic carbocycles. The summed E-state index contributed by atoms with van der Waals surface area (Å²) < 4.78 is 26.0. The van der Waals surface area contributed by atoms with Crippen LogP contribution in [0.1, 0.15) is 23.2 Å². The van der Waals surface area contributed by atoms with Crippen LogP contribution in [0, 0.1) is 0 Å². The molecule has 1 aromatic carbocycles. The molecule has 0 bridgehead atoms. The van der Waals surface area contributed by atoms with Gasteiger partial charge in [-0.15, -0.1) is 0 Å². The third kappa shape index (κ3) is 2.54. The SMILES string of the molecule is O=C(O)c1ccccc1N1CCC(F)(F)CC1. The molecule has 1 saturated heterocycles. The summed E-state index contributed by atoms with van der Waals surface area (Å²) in [5, 5.41) is 9.02. The lowest BCUT2D eigenvalue weighted by Crippen LogP contribution is -2.40. The van der Waals surface area contributed by atoms with Crippen LogP contribution in [0.25, 0.3) is 0 Å². The van der Waals surface area contributed by atoms with Crippen LogP contribution < -0.4 is 4.90 Å². The normalized spacial score (nSPS) is 19.1. The maximum atomic E-state index is 13.0. The van der Waals surface area contributed by atoms with Crippen LogP contribution in [0.2, 0.25) is 0 Å². The third-order valence-electron chi connectivity index (χ3n) is 2.97. The van der Waals surface area contributed by atoms with Gasteiger partial charge < -0.3 is 10.0 Å². The molecular formula is C12H13F2NO2. The number of carbonyl (C=O) groups is 1. The standard InChI is InChI=1S/C12H13F2NO2/c13-12(14)5-7-15(8-6-12)10-4-2-1-3-9(10)11(16)17/h1-4H,5-8H2,(H,16,17). The molecule has 1 aliphatic rings. The second-order valence-electron chi connectivity index (χ2n) is 4.17. The monoisotopic (exact) mass is 241 g/mol. The topological polar surface area (TPSA) is 40.5 Å². The van der Waals surface area contributed by atoms with Crippen molar-refractivity contribution < 1.29 is 18.7 Å². The maximum absolute atomic E-state index is 13.0. The minimum Gasteiger partial charge on any atom is -0.478 e. The zero-order valence-corrected chi connectivity index (χ0v) is 9.20. The van der Waals surface area contributed by atoms with Gasteiger partial charge in [0, 0.05) is 25.9 Å². The molecule has 1 N–H and O–H groups in total. The molecule has 5 heteroatoms. The van der Waals surface area contributed by atoms with Gasteiger partial charge in [-0.3, -0.25) is 0 Å². The molecule has 92 valence electrons. The van der Waals surface area contributed by atoms with Gasteiger partial charge >= 0.3 is 5.97 Å². The highest BCUT2D eigenvalue weighted by Crippen LogP contribution is 2.31. The van der Waals surface area contributed by atoms with Gasteiger partial charge in [0.15, 0.2) is 0 Å². The van der Waals surface area contributed by atoms with Crippen molar-refractivity contribution in [2.24, 2.45) is 0 Å². The van der Waals surface area contributed by atoms with Crippen molar-refractivity contribution in [3.63, 3.8) is 0 Å². The average molecular weight is 241 g/mol. The summed E-state index contributed by atoms with van der Waals surface area (Å²) in [7, 11) is 0. The fourth-order valence-corrected chi connectivity index (χ4v) is 2.01. The van der Waals surface area contributed by atoms with Gasteiger partial charge in [-0.1, -0.05) is 12.1 Å². The Morgan fingerprint density at radius 3 is 2.41 bits per heavy atom. The Balaban J connectivity index is 2.21. The van der Waals surface area contributed by atoms with Crippen LogP contribution >= 0.6 is 0 Å². The van der Waals surface area contributed by atoms with E-state index in [1.807, 2.05) is 0 Å². The van der Waals surface area contributed by atoms with E-state index >= 15 is 0 Å². The Morgan fingerprint density at radius 1 is 1.24 bits per heavy atom.